The molecule has 3 aromatic rings. The van der Waals surface area contributed by atoms with Gasteiger partial charge in [-0.1, -0.05) is 24.3 Å². The zero-order chi connectivity index (χ0) is 25.9. The number of benzene rings is 2. The first kappa shape index (κ1) is 26.2. The lowest BCUT2D eigenvalue weighted by Crippen LogP contribution is -2.59. The predicted octanol–water partition coefficient (Wildman–Crippen LogP) is 3.88. The summed E-state index contributed by atoms with van der Waals surface area (Å²) in [5, 5.41) is 26.5. The average molecular weight is 494 g/mol. The van der Waals surface area contributed by atoms with E-state index < -0.39 is 11.7 Å². The maximum atomic E-state index is 11.4. The summed E-state index contributed by atoms with van der Waals surface area (Å²) in [4.78, 5) is 2.17. The second kappa shape index (κ2) is 11.0. The highest BCUT2D eigenvalue weighted by molar-refractivity contribution is 5.44. The largest absolute Gasteiger partial charge is 0.492 e. The van der Waals surface area contributed by atoms with E-state index >= 15 is 0 Å². The first-order valence-corrected chi connectivity index (χ1v) is 12.7. The summed E-state index contributed by atoms with van der Waals surface area (Å²) in [6, 6.07) is 14.2. The van der Waals surface area contributed by atoms with E-state index in [-0.39, 0.29) is 6.61 Å². The minimum Gasteiger partial charge on any atom is -0.492 e. The fourth-order valence-electron chi connectivity index (χ4n) is 4.91. The number of hydrogen-bond donors (Lipinski definition) is 2. The normalized spacial score (nSPS) is 20.5. The quantitative estimate of drug-likeness (QED) is 0.471. The molecule has 1 aromatic heterocycles. The molecule has 2 N–H and O–H groups in total. The number of piperidine rings is 1. The molecule has 0 amide bonds. The number of aliphatic hydroxyl groups is 2. The molecule has 7 nitrogen and oxygen atoms in total. The van der Waals surface area contributed by atoms with E-state index in [0.29, 0.717) is 39.2 Å². The van der Waals surface area contributed by atoms with Gasteiger partial charge in [0.1, 0.15) is 30.3 Å². The van der Waals surface area contributed by atoms with Crippen molar-refractivity contribution in [2.45, 2.75) is 65.8 Å². The topological polar surface area (TPSA) is 80.0 Å². The monoisotopic (exact) mass is 493 g/mol. The summed E-state index contributed by atoms with van der Waals surface area (Å²) in [7, 11) is 0. The molecule has 0 saturated carbocycles. The van der Waals surface area contributed by atoms with Gasteiger partial charge in [-0.2, -0.15) is 5.10 Å². The van der Waals surface area contributed by atoms with E-state index in [2.05, 4.69) is 28.2 Å². The first-order valence-electron chi connectivity index (χ1n) is 12.7. The predicted molar refractivity (Wildman–Crippen MR) is 141 cm³/mol. The lowest BCUT2D eigenvalue weighted by Gasteiger charge is -2.42. The number of nitrogens with zero attached hydrogens (tertiary/aromatic N) is 3. The van der Waals surface area contributed by atoms with Crippen LogP contribution in [0.2, 0.25) is 0 Å². The fourth-order valence-corrected chi connectivity index (χ4v) is 4.91. The van der Waals surface area contributed by atoms with Gasteiger partial charge in [0.15, 0.2) is 0 Å². The van der Waals surface area contributed by atoms with Crippen molar-refractivity contribution < 1.29 is 19.7 Å². The molecule has 1 aliphatic heterocycles. The molecule has 1 saturated heterocycles. The van der Waals surface area contributed by atoms with Crippen molar-refractivity contribution in [1.82, 2.24) is 14.7 Å². The Morgan fingerprint density at radius 2 is 1.81 bits per heavy atom. The molecule has 0 spiro atoms. The smallest absolute Gasteiger partial charge is 0.137 e. The van der Waals surface area contributed by atoms with Crippen LogP contribution in [0.5, 0.6) is 11.5 Å². The van der Waals surface area contributed by atoms with Crippen LogP contribution in [0, 0.1) is 34.6 Å². The third kappa shape index (κ3) is 6.09. The Bertz CT molecular complexity index is 1190. The summed E-state index contributed by atoms with van der Waals surface area (Å²) < 4.78 is 14.1. The molecule has 0 bridgehead atoms. The van der Waals surface area contributed by atoms with Crippen LogP contribution in [-0.2, 0) is 13.1 Å². The zero-order valence-electron chi connectivity index (χ0n) is 22.1. The Morgan fingerprint density at radius 3 is 2.56 bits per heavy atom. The molecule has 2 aromatic carbocycles. The summed E-state index contributed by atoms with van der Waals surface area (Å²) in [5.41, 5.74) is 5.13. The zero-order valence-corrected chi connectivity index (χ0v) is 22.1. The molecule has 4 rings (SSSR count). The number of β-amino-alcohol motifs (C(OH)–C–C–N with tert-alkyl or cyclic N) is 1. The van der Waals surface area contributed by atoms with Gasteiger partial charge in [-0.25, -0.2) is 0 Å². The average Bonchev–Trinajstić information content (AvgIpc) is 3.16. The van der Waals surface area contributed by atoms with Gasteiger partial charge >= 0.3 is 0 Å². The van der Waals surface area contributed by atoms with Crippen LogP contribution in [0.3, 0.4) is 0 Å². The number of likely N-dealkylation sites (tertiary alicyclic amines) is 1. The van der Waals surface area contributed by atoms with Gasteiger partial charge in [0.25, 0.3) is 0 Å². The molecule has 2 atom stereocenters. The van der Waals surface area contributed by atoms with Gasteiger partial charge in [0.2, 0.25) is 0 Å². The number of aryl methyl sites for hydroxylation is 4. The summed E-state index contributed by atoms with van der Waals surface area (Å²) >= 11 is 0. The number of hydrogen-bond acceptors (Lipinski definition) is 6. The van der Waals surface area contributed by atoms with E-state index in [1.54, 1.807) is 0 Å². The molecule has 7 heteroatoms. The lowest BCUT2D eigenvalue weighted by atomic mass is 9.90. The molecule has 1 aliphatic rings. The minimum absolute atomic E-state index is 0.0469. The molecular weight excluding hydrogens is 454 g/mol. The molecule has 0 unspecified atom stereocenters. The number of aromatic nitrogens is 2. The Morgan fingerprint density at radius 1 is 1.03 bits per heavy atom. The molecule has 0 aliphatic carbocycles. The van der Waals surface area contributed by atoms with Crippen LogP contribution in [-0.4, -0.2) is 62.9 Å². The van der Waals surface area contributed by atoms with Crippen LogP contribution >= 0.6 is 0 Å². The number of ether oxygens (including phenoxy) is 2. The SMILES string of the molecule is Cc1cc(C)n(CCOc2cccc(CN3CC[C@H](O)[C@@](O)(COc4c(C)ccc(C)c4C)C3)c2)n1. The van der Waals surface area contributed by atoms with Crippen molar-refractivity contribution in [2.75, 3.05) is 26.3 Å². The minimum atomic E-state index is -1.34. The van der Waals surface area contributed by atoms with Gasteiger partial charge in [0, 0.05) is 25.3 Å². The van der Waals surface area contributed by atoms with Crippen molar-refractivity contribution >= 4 is 0 Å². The van der Waals surface area contributed by atoms with Gasteiger partial charge in [-0.15, -0.1) is 0 Å². The molecule has 36 heavy (non-hydrogen) atoms. The lowest BCUT2D eigenvalue weighted by molar-refractivity contribution is -0.140. The molecule has 0 radical (unpaired) electrons. The van der Waals surface area contributed by atoms with Crippen LogP contribution < -0.4 is 9.47 Å². The van der Waals surface area contributed by atoms with Gasteiger partial charge < -0.3 is 19.7 Å². The Kier molecular flexibility index (Phi) is 8.03. The number of aliphatic hydroxyl groups excluding tert-OH is 1. The van der Waals surface area contributed by atoms with E-state index in [9.17, 15) is 10.2 Å². The molecular formula is C29H39N3O4. The number of rotatable bonds is 9. The van der Waals surface area contributed by atoms with Crippen LogP contribution in [0.25, 0.3) is 0 Å². The molecule has 194 valence electrons. The van der Waals surface area contributed by atoms with Gasteiger partial charge in [-0.05, 0) is 81.5 Å². The van der Waals surface area contributed by atoms with Gasteiger partial charge in [0.05, 0.1) is 18.3 Å². The van der Waals surface area contributed by atoms with E-state index in [4.69, 9.17) is 9.47 Å². The van der Waals surface area contributed by atoms with Crippen molar-refractivity contribution in [3.63, 3.8) is 0 Å². The highest BCUT2D eigenvalue weighted by Crippen LogP contribution is 2.29. The molecule has 2 heterocycles. The van der Waals surface area contributed by atoms with Gasteiger partial charge in [-0.3, -0.25) is 9.58 Å². The summed E-state index contributed by atoms with van der Waals surface area (Å²) in [6.45, 7) is 13.1. The van der Waals surface area contributed by atoms with Crippen molar-refractivity contribution in [3.05, 3.63) is 76.1 Å². The van der Waals surface area contributed by atoms with Crippen molar-refractivity contribution in [1.29, 1.82) is 0 Å². The van der Waals surface area contributed by atoms with Crippen molar-refractivity contribution in [2.24, 2.45) is 0 Å². The Labute approximate surface area is 214 Å². The highest BCUT2D eigenvalue weighted by atomic mass is 16.5. The first-order chi connectivity index (χ1) is 17.1. The van der Waals surface area contributed by atoms with Crippen LogP contribution in [0.1, 0.15) is 40.1 Å². The maximum absolute atomic E-state index is 11.4. The van der Waals surface area contributed by atoms with E-state index in [1.165, 1.54) is 0 Å². The van der Waals surface area contributed by atoms with E-state index in [0.717, 1.165) is 45.1 Å². The third-order valence-corrected chi connectivity index (χ3v) is 7.16. The fraction of sp³-hybridized carbons (Fsp3) is 0.483. The van der Waals surface area contributed by atoms with Crippen LogP contribution in [0.15, 0.2) is 42.5 Å². The standard InChI is InChI=1S/C29H39N3O4/c1-20-9-10-21(2)28(24(20)5)36-19-29(34)18-31(12-11-27(29)33)17-25-7-6-8-26(16-25)35-14-13-32-23(4)15-22(3)30-32/h6-10,15-16,27,33-34H,11-14,17-19H2,1-5H3/t27-,29-/m0/s1. The Hall–Kier alpha value is -2.87. The molecule has 1 fully saturated rings. The van der Waals surface area contributed by atoms with Crippen molar-refractivity contribution in [3.8, 4) is 11.5 Å². The van der Waals surface area contributed by atoms with E-state index in [1.807, 2.05) is 63.6 Å². The third-order valence-electron chi connectivity index (χ3n) is 7.16. The highest BCUT2D eigenvalue weighted by Gasteiger charge is 2.42. The second-order valence-electron chi connectivity index (χ2n) is 10.2. The Balaban J connectivity index is 1.35. The maximum Gasteiger partial charge on any atom is 0.137 e. The summed E-state index contributed by atoms with van der Waals surface area (Å²) in [6.07, 6.45) is -0.340. The van der Waals surface area contributed by atoms with Crippen LogP contribution in [0.4, 0.5) is 0 Å². The summed E-state index contributed by atoms with van der Waals surface area (Å²) in [5.74, 6) is 1.60. The second-order valence-corrected chi connectivity index (χ2v) is 10.2.